The highest BCUT2D eigenvalue weighted by molar-refractivity contribution is 6.07. The van der Waals surface area contributed by atoms with Crippen molar-refractivity contribution in [3.05, 3.63) is 58.4 Å². The summed E-state index contributed by atoms with van der Waals surface area (Å²) < 4.78 is 0. The van der Waals surface area contributed by atoms with Crippen molar-refractivity contribution in [1.29, 1.82) is 5.26 Å². The molecule has 6 nitrogen and oxygen atoms in total. The first-order chi connectivity index (χ1) is 14.6. The third-order valence-corrected chi connectivity index (χ3v) is 6.90. The largest absolute Gasteiger partial charge is 0.477 e. The Hall–Kier alpha value is -3.20. The van der Waals surface area contributed by atoms with Gasteiger partial charge in [-0.2, -0.15) is 10.4 Å². The lowest BCUT2D eigenvalue weighted by Gasteiger charge is -2.34. The van der Waals surface area contributed by atoms with Gasteiger partial charge >= 0.3 is 5.97 Å². The molecule has 1 aromatic carbocycles. The minimum atomic E-state index is -0.994. The smallest absolute Gasteiger partial charge is 0.354 e. The maximum Gasteiger partial charge on any atom is 0.354 e. The molecule has 0 saturated heterocycles. The average Bonchev–Trinajstić information content (AvgIpc) is 3.40. The van der Waals surface area contributed by atoms with Gasteiger partial charge in [-0.15, -0.1) is 0 Å². The first kappa shape index (κ1) is 18.8. The number of carboxylic acids is 1. The molecule has 5 rings (SSSR count). The van der Waals surface area contributed by atoms with E-state index in [1.807, 2.05) is 25.1 Å². The van der Waals surface area contributed by atoms with Crippen LogP contribution in [-0.2, 0) is 6.42 Å². The van der Waals surface area contributed by atoms with Gasteiger partial charge in [0.25, 0.3) is 0 Å². The minimum absolute atomic E-state index is 0.0951. The number of hydrogen-bond donors (Lipinski definition) is 1. The first-order valence-corrected chi connectivity index (χ1v) is 10.7. The van der Waals surface area contributed by atoms with Crippen LogP contribution < -0.4 is 5.01 Å². The Morgan fingerprint density at radius 2 is 2.00 bits per heavy atom. The van der Waals surface area contributed by atoms with E-state index in [9.17, 15) is 15.2 Å². The molecule has 1 fully saturated rings. The first-order valence-electron chi connectivity index (χ1n) is 10.7. The lowest BCUT2D eigenvalue weighted by atomic mass is 9.76. The van der Waals surface area contributed by atoms with Crippen molar-refractivity contribution in [1.82, 2.24) is 4.98 Å². The number of fused-ring (bicyclic) bond motifs is 3. The Morgan fingerprint density at radius 3 is 2.70 bits per heavy atom. The van der Waals surface area contributed by atoms with Crippen molar-refractivity contribution in [2.75, 3.05) is 5.01 Å². The van der Waals surface area contributed by atoms with Crippen LogP contribution in [0.4, 0.5) is 5.69 Å². The third kappa shape index (κ3) is 2.97. The molecule has 1 unspecified atom stereocenters. The Morgan fingerprint density at radius 1 is 1.20 bits per heavy atom. The summed E-state index contributed by atoms with van der Waals surface area (Å²) in [4.78, 5) is 15.7. The van der Waals surface area contributed by atoms with E-state index in [0.717, 1.165) is 41.1 Å². The van der Waals surface area contributed by atoms with Crippen LogP contribution >= 0.6 is 0 Å². The van der Waals surface area contributed by atoms with Crippen molar-refractivity contribution in [3.63, 3.8) is 0 Å². The number of aromatic carboxylic acids is 1. The van der Waals surface area contributed by atoms with Crippen LogP contribution in [0.15, 0.2) is 35.4 Å². The van der Waals surface area contributed by atoms with Gasteiger partial charge in [0.1, 0.15) is 5.69 Å². The van der Waals surface area contributed by atoms with Crippen LogP contribution in [-0.4, -0.2) is 27.8 Å². The summed E-state index contributed by atoms with van der Waals surface area (Å²) in [5, 5.41) is 25.9. The highest BCUT2D eigenvalue weighted by Crippen LogP contribution is 2.44. The van der Waals surface area contributed by atoms with E-state index in [2.05, 4.69) is 22.1 Å². The number of carboxylic acid groups (broad SMARTS) is 1. The molecule has 2 aliphatic carbocycles. The van der Waals surface area contributed by atoms with Crippen molar-refractivity contribution in [2.24, 2.45) is 16.9 Å². The van der Waals surface area contributed by atoms with E-state index in [1.165, 1.54) is 25.7 Å². The third-order valence-electron chi connectivity index (χ3n) is 6.90. The molecule has 1 saturated carbocycles. The highest BCUT2D eigenvalue weighted by atomic mass is 16.4. The van der Waals surface area contributed by atoms with Gasteiger partial charge in [-0.3, -0.25) is 5.01 Å². The zero-order chi connectivity index (χ0) is 20.8. The van der Waals surface area contributed by atoms with Gasteiger partial charge in [0, 0.05) is 11.5 Å². The normalized spacial score (nSPS) is 22.9. The number of pyridine rings is 1. The molecule has 30 heavy (non-hydrogen) atoms. The SMILES string of the molecule is Cc1cc(N2N=C3c4ccc(C(=O)O)nc4CC[C@@H]3C2C2CCCC2)ccc1C#N. The number of nitrogens with zero attached hydrogens (tertiary/aromatic N) is 4. The minimum Gasteiger partial charge on any atom is -0.477 e. The molecular weight excluding hydrogens is 376 g/mol. The van der Waals surface area contributed by atoms with Crippen LogP contribution in [0.5, 0.6) is 0 Å². The van der Waals surface area contributed by atoms with Crippen molar-refractivity contribution >= 4 is 17.4 Å². The zero-order valence-corrected chi connectivity index (χ0v) is 17.0. The average molecular weight is 400 g/mol. The van der Waals surface area contributed by atoms with Crippen LogP contribution in [0.3, 0.4) is 0 Å². The van der Waals surface area contributed by atoms with Crippen molar-refractivity contribution in [2.45, 2.75) is 51.5 Å². The van der Waals surface area contributed by atoms with E-state index in [-0.39, 0.29) is 5.69 Å². The Bertz CT molecular complexity index is 1090. The number of carbonyl (C=O) groups is 1. The Balaban J connectivity index is 1.59. The number of aryl methyl sites for hydroxylation is 2. The summed E-state index contributed by atoms with van der Waals surface area (Å²) in [6.45, 7) is 1.97. The van der Waals surface area contributed by atoms with Gasteiger partial charge in [0.2, 0.25) is 0 Å². The molecule has 2 aromatic rings. The summed E-state index contributed by atoms with van der Waals surface area (Å²) >= 11 is 0. The monoisotopic (exact) mass is 400 g/mol. The van der Waals surface area contributed by atoms with Crippen molar-refractivity contribution < 1.29 is 9.90 Å². The molecule has 0 amide bonds. The standard InChI is InChI=1S/C24H24N4O2/c1-14-12-17(7-6-16(14)13-25)28-23(15-4-2-3-5-15)19-9-10-20-18(22(19)27-28)8-11-21(26-20)24(29)30/h6-8,11-12,15,19,23H,2-5,9-10H2,1H3,(H,29,30)/t19-,23?/m0/s1. The molecule has 1 aliphatic heterocycles. The zero-order valence-electron chi connectivity index (χ0n) is 17.0. The highest BCUT2D eigenvalue weighted by Gasteiger charge is 2.45. The molecule has 0 bridgehead atoms. The molecule has 2 atom stereocenters. The predicted molar refractivity (Wildman–Crippen MR) is 114 cm³/mol. The molecule has 0 radical (unpaired) electrons. The number of anilines is 1. The molecule has 152 valence electrons. The van der Waals surface area contributed by atoms with E-state index >= 15 is 0 Å². The van der Waals surface area contributed by atoms with E-state index < -0.39 is 5.97 Å². The number of hydrogen-bond acceptors (Lipinski definition) is 5. The number of nitriles is 1. The summed E-state index contributed by atoms with van der Waals surface area (Å²) in [7, 11) is 0. The quantitative estimate of drug-likeness (QED) is 0.829. The van der Waals surface area contributed by atoms with Crippen molar-refractivity contribution in [3.8, 4) is 6.07 Å². The fourth-order valence-corrected chi connectivity index (χ4v) is 5.46. The Labute approximate surface area is 175 Å². The number of rotatable bonds is 3. The second-order valence-electron chi connectivity index (χ2n) is 8.62. The molecule has 6 heteroatoms. The van der Waals surface area contributed by atoms with Crippen LogP contribution in [0.2, 0.25) is 0 Å². The van der Waals surface area contributed by atoms with Gasteiger partial charge in [-0.05, 0) is 74.4 Å². The van der Waals surface area contributed by atoms with Gasteiger partial charge in [0.15, 0.2) is 0 Å². The topological polar surface area (TPSA) is 89.6 Å². The van der Waals surface area contributed by atoms with Crippen LogP contribution in [0.1, 0.15) is 65.0 Å². The Kier molecular flexibility index (Phi) is 4.54. The summed E-state index contributed by atoms with van der Waals surface area (Å²) in [5.74, 6) is -0.0687. The molecule has 2 heterocycles. The second kappa shape index (κ2) is 7.24. The van der Waals surface area contributed by atoms with E-state index in [0.29, 0.717) is 23.4 Å². The maximum absolute atomic E-state index is 11.3. The molecule has 3 aliphatic rings. The number of benzene rings is 1. The number of hydrazone groups is 1. The molecule has 0 spiro atoms. The maximum atomic E-state index is 11.3. The molecule has 1 aromatic heterocycles. The van der Waals surface area contributed by atoms with Gasteiger partial charge in [0.05, 0.1) is 34.8 Å². The summed E-state index contributed by atoms with van der Waals surface area (Å²) in [6, 6.07) is 12.0. The molecular formula is C24H24N4O2. The fraction of sp³-hybridized carbons (Fsp3) is 0.417. The van der Waals surface area contributed by atoms with E-state index in [4.69, 9.17) is 5.10 Å². The predicted octanol–water partition coefficient (Wildman–Crippen LogP) is 4.31. The van der Waals surface area contributed by atoms with Crippen LogP contribution in [0.25, 0.3) is 0 Å². The fourth-order valence-electron chi connectivity index (χ4n) is 5.46. The van der Waals surface area contributed by atoms with Crippen LogP contribution in [0, 0.1) is 30.1 Å². The summed E-state index contributed by atoms with van der Waals surface area (Å²) in [6.07, 6.45) is 6.70. The second-order valence-corrected chi connectivity index (χ2v) is 8.62. The molecule has 1 N–H and O–H groups in total. The van der Waals surface area contributed by atoms with Gasteiger partial charge in [-0.25, -0.2) is 9.78 Å². The van der Waals surface area contributed by atoms with Gasteiger partial charge < -0.3 is 5.11 Å². The lowest BCUT2D eigenvalue weighted by molar-refractivity contribution is 0.0690. The number of aromatic nitrogens is 1. The van der Waals surface area contributed by atoms with E-state index in [1.54, 1.807) is 6.07 Å². The lowest BCUT2D eigenvalue weighted by Crippen LogP contribution is -2.40. The van der Waals surface area contributed by atoms with Gasteiger partial charge in [-0.1, -0.05) is 12.8 Å². The summed E-state index contributed by atoms with van der Waals surface area (Å²) in [5.41, 5.74) is 5.65.